The van der Waals surface area contributed by atoms with Crippen LogP contribution in [0.4, 0.5) is 11.4 Å². The zero-order chi connectivity index (χ0) is 15.4. The van der Waals surface area contributed by atoms with Crippen molar-refractivity contribution < 1.29 is 13.5 Å². The third-order valence-electron chi connectivity index (χ3n) is 3.84. The van der Waals surface area contributed by atoms with Gasteiger partial charge in [0.2, 0.25) is 10.0 Å². The maximum absolute atomic E-state index is 11.3. The number of nitrogen functional groups attached to an aromatic ring is 1. The van der Waals surface area contributed by atoms with Crippen molar-refractivity contribution in [3.8, 4) is 0 Å². The number of hydrogen-bond donors (Lipinski definition) is 4. The van der Waals surface area contributed by atoms with E-state index in [4.69, 9.17) is 10.9 Å². The number of benzene rings is 1. The summed E-state index contributed by atoms with van der Waals surface area (Å²) >= 11 is 0. The van der Waals surface area contributed by atoms with Crippen LogP contribution in [0.5, 0.6) is 0 Å². The summed E-state index contributed by atoms with van der Waals surface area (Å²) < 4.78 is 22.7. The zero-order valence-corrected chi connectivity index (χ0v) is 12.7. The van der Waals surface area contributed by atoms with Crippen molar-refractivity contribution in [2.24, 2.45) is 10.6 Å². The van der Waals surface area contributed by atoms with Crippen LogP contribution in [-0.2, 0) is 10.0 Å². The molecule has 0 atom stereocenters. The lowest BCUT2D eigenvalue weighted by Crippen LogP contribution is -2.32. The van der Waals surface area contributed by atoms with Gasteiger partial charge in [-0.15, -0.1) is 0 Å². The Kier molecular flexibility index (Phi) is 5.38. The molecule has 6 N–H and O–H groups in total. The molecule has 1 aromatic rings. The predicted molar refractivity (Wildman–Crippen MR) is 80.8 cm³/mol. The van der Waals surface area contributed by atoms with E-state index in [2.05, 4.69) is 5.32 Å². The predicted octanol–water partition coefficient (Wildman–Crippen LogP) is 1.13. The molecule has 20 heavy (non-hydrogen) atoms. The smallest absolute Gasteiger partial charge is 0.238 e. The van der Waals surface area contributed by atoms with Gasteiger partial charge in [0.25, 0.3) is 0 Å². The fourth-order valence-electron chi connectivity index (χ4n) is 1.93. The monoisotopic (exact) mass is 301 g/mol. The number of rotatable bonds is 7. The number of aliphatic hydroxyl groups excluding tert-OH is 1. The number of primary sulfonamides is 1. The quantitative estimate of drug-likeness (QED) is 0.563. The van der Waals surface area contributed by atoms with Crippen molar-refractivity contribution in [3.63, 3.8) is 0 Å². The van der Waals surface area contributed by atoms with Crippen molar-refractivity contribution >= 4 is 21.4 Å². The van der Waals surface area contributed by atoms with Crippen LogP contribution in [0.1, 0.15) is 26.7 Å². The molecule has 7 heteroatoms. The van der Waals surface area contributed by atoms with E-state index in [1.54, 1.807) is 0 Å². The van der Waals surface area contributed by atoms with Crippen molar-refractivity contribution in [1.82, 2.24) is 0 Å². The third kappa shape index (κ3) is 3.84. The van der Waals surface area contributed by atoms with Crippen LogP contribution in [-0.4, -0.2) is 26.7 Å². The molecule has 0 spiro atoms. The lowest BCUT2D eigenvalue weighted by atomic mass is 9.83. The Morgan fingerprint density at radius 1 is 1.30 bits per heavy atom. The van der Waals surface area contributed by atoms with Crippen molar-refractivity contribution in [2.45, 2.75) is 31.6 Å². The summed E-state index contributed by atoms with van der Waals surface area (Å²) in [7, 11) is -3.76. The van der Waals surface area contributed by atoms with Crippen LogP contribution < -0.4 is 16.2 Å². The van der Waals surface area contributed by atoms with Gasteiger partial charge in [0.15, 0.2) is 0 Å². The Hall–Kier alpha value is -1.31. The van der Waals surface area contributed by atoms with Gasteiger partial charge in [0.05, 0.1) is 22.9 Å². The molecule has 0 aliphatic rings. The maximum Gasteiger partial charge on any atom is 0.238 e. The molecule has 1 rings (SSSR count). The van der Waals surface area contributed by atoms with Crippen molar-refractivity contribution in [3.05, 3.63) is 18.2 Å². The molecule has 0 bridgehead atoms. The van der Waals surface area contributed by atoms with Crippen LogP contribution in [0.25, 0.3) is 0 Å². The summed E-state index contributed by atoms with van der Waals surface area (Å²) in [6.45, 7) is 4.58. The van der Waals surface area contributed by atoms with E-state index in [9.17, 15) is 13.5 Å². The minimum Gasteiger partial charge on any atom is -0.397 e. The molecule has 0 saturated carbocycles. The van der Waals surface area contributed by atoms with Crippen LogP contribution >= 0.6 is 0 Å². The molecule has 0 unspecified atom stereocenters. The van der Waals surface area contributed by atoms with Gasteiger partial charge in [-0.3, -0.25) is 0 Å². The molecule has 6 nitrogen and oxygen atoms in total. The Morgan fingerprint density at radius 2 is 1.90 bits per heavy atom. The lowest BCUT2D eigenvalue weighted by molar-refractivity contribution is 0.127. The van der Waals surface area contributed by atoms with Gasteiger partial charge in [0, 0.05) is 12.0 Å². The second-order valence-electron chi connectivity index (χ2n) is 5.01. The highest BCUT2D eigenvalue weighted by Gasteiger charge is 2.25. The van der Waals surface area contributed by atoms with E-state index in [-0.39, 0.29) is 16.9 Å². The van der Waals surface area contributed by atoms with Crippen molar-refractivity contribution in [2.75, 3.05) is 24.2 Å². The first kappa shape index (κ1) is 16.7. The van der Waals surface area contributed by atoms with Gasteiger partial charge < -0.3 is 16.2 Å². The molecule has 0 aromatic heterocycles. The molecule has 0 radical (unpaired) electrons. The molecule has 0 aliphatic carbocycles. The van der Waals surface area contributed by atoms with Gasteiger partial charge in [-0.25, -0.2) is 13.6 Å². The number of hydrogen-bond acceptors (Lipinski definition) is 5. The molecule has 0 aliphatic heterocycles. The Labute approximate surface area is 120 Å². The van der Waals surface area contributed by atoms with E-state index in [0.717, 1.165) is 12.8 Å². The van der Waals surface area contributed by atoms with E-state index < -0.39 is 10.0 Å². The highest BCUT2D eigenvalue weighted by molar-refractivity contribution is 7.89. The van der Waals surface area contributed by atoms with Crippen LogP contribution in [0.3, 0.4) is 0 Å². The molecular weight excluding hydrogens is 278 g/mol. The largest absolute Gasteiger partial charge is 0.397 e. The first-order chi connectivity index (χ1) is 9.28. The third-order valence-corrected chi connectivity index (χ3v) is 4.75. The van der Waals surface area contributed by atoms with E-state index in [1.165, 1.54) is 18.2 Å². The topological polar surface area (TPSA) is 118 Å². The molecule has 0 heterocycles. The Balaban J connectivity index is 2.98. The number of anilines is 2. The van der Waals surface area contributed by atoms with Crippen LogP contribution in [0.2, 0.25) is 0 Å². The maximum atomic E-state index is 11.3. The van der Waals surface area contributed by atoms with E-state index >= 15 is 0 Å². The summed E-state index contributed by atoms with van der Waals surface area (Å²) in [5.41, 5.74) is 6.53. The first-order valence-corrected chi connectivity index (χ1v) is 8.09. The number of nitrogens with two attached hydrogens (primary N) is 2. The summed E-state index contributed by atoms with van der Waals surface area (Å²) in [5.74, 6) is 0. The van der Waals surface area contributed by atoms with E-state index in [0.29, 0.717) is 17.9 Å². The summed E-state index contributed by atoms with van der Waals surface area (Å²) in [4.78, 5) is 0.0109. The molecule has 1 aromatic carbocycles. The van der Waals surface area contributed by atoms with E-state index in [1.807, 2.05) is 13.8 Å². The number of nitrogens with one attached hydrogen (secondary N) is 1. The molecule has 0 saturated heterocycles. The molecule has 114 valence electrons. The van der Waals surface area contributed by atoms with Gasteiger partial charge in [0.1, 0.15) is 0 Å². The highest BCUT2D eigenvalue weighted by atomic mass is 32.2. The van der Waals surface area contributed by atoms with Gasteiger partial charge in [-0.05, 0) is 31.0 Å². The highest BCUT2D eigenvalue weighted by Crippen LogP contribution is 2.28. The normalized spacial score (nSPS) is 12.4. The lowest BCUT2D eigenvalue weighted by Gasteiger charge is -2.30. The molecular formula is C13H23N3O3S. The second-order valence-corrected chi connectivity index (χ2v) is 6.57. The summed E-state index contributed by atoms with van der Waals surface area (Å²) in [6.07, 6.45) is 1.61. The zero-order valence-electron chi connectivity index (χ0n) is 11.9. The minimum atomic E-state index is -3.76. The SMILES string of the molecule is CCC(CC)(CO)CNc1cc(S(N)(=O)=O)ccc1N. The second kappa shape index (κ2) is 6.43. The average Bonchev–Trinajstić information content (AvgIpc) is 2.41. The van der Waals surface area contributed by atoms with Crippen molar-refractivity contribution in [1.29, 1.82) is 0 Å². The summed E-state index contributed by atoms with van der Waals surface area (Å²) in [5, 5.41) is 17.7. The molecule has 0 amide bonds. The fraction of sp³-hybridized carbons (Fsp3) is 0.538. The van der Waals surface area contributed by atoms with Gasteiger partial charge in [-0.2, -0.15) is 0 Å². The Morgan fingerprint density at radius 3 is 2.35 bits per heavy atom. The van der Waals surface area contributed by atoms with Crippen LogP contribution in [0, 0.1) is 5.41 Å². The Bertz CT molecular complexity index is 546. The van der Waals surface area contributed by atoms with Gasteiger partial charge >= 0.3 is 0 Å². The first-order valence-electron chi connectivity index (χ1n) is 6.55. The average molecular weight is 301 g/mol. The van der Waals surface area contributed by atoms with Crippen LogP contribution in [0.15, 0.2) is 23.1 Å². The summed E-state index contributed by atoms with van der Waals surface area (Å²) in [6, 6.07) is 4.29. The minimum absolute atomic E-state index is 0.0109. The molecule has 0 fully saturated rings. The fourth-order valence-corrected chi connectivity index (χ4v) is 2.47. The van der Waals surface area contributed by atoms with Gasteiger partial charge in [-0.1, -0.05) is 13.8 Å². The number of aliphatic hydroxyl groups is 1. The number of sulfonamides is 1. The standard InChI is InChI=1S/C13H23N3O3S/c1-3-13(4-2,9-17)8-16-12-7-10(20(15,18)19)5-6-11(12)14/h5-7,16-17H,3-4,8-9,14H2,1-2H3,(H2,15,18,19).